The lowest BCUT2D eigenvalue weighted by atomic mass is 9.84. The van der Waals surface area contributed by atoms with E-state index in [2.05, 4.69) is 11.8 Å². The van der Waals surface area contributed by atoms with E-state index in [9.17, 15) is 0 Å². The molecule has 1 aliphatic heterocycles. The van der Waals surface area contributed by atoms with Gasteiger partial charge < -0.3 is 10.5 Å². The summed E-state index contributed by atoms with van der Waals surface area (Å²) in [6.45, 7) is 6.07. The van der Waals surface area contributed by atoms with E-state index in [0.29, 0.717) is 12.6 Å². The molecule has 3 nitrogen and oxygen atoms in total. The van der Waals surface area contributed by atoms with Gasteiger partial charge in [-0.05, 0) is 25.7 Å². The number of nitrogens with two attached hydrogens (primary N) is 1. The van der Waals surface area contributed by atoms with Crippen LogP contribution in [0.1, 0.15) is 26.2 Å². The third kappa shape index (κ3) is 2.27. The molecule has 0 spiro atoms. The first-order valence-corrected chi connectivity index (χ1v) is 5.85. The van der Waals surface area contributed by atoms with Crippen molar-refractivity contribution in [2.45, 2.75) is 38.3 Å². The van der Waals surface area contributed by atoms with E-state index in [4.69, 9.17) is 10.5 Å². The van der Waals surface area contributed by atoms with Crippen LogP contribution in [0.4, 0.5) is 0 Å². The highest BCUT2D eigenvalue weighted by molar-refractivity contribution is 4.82. The van der Waals surface area contributed by atoms with Crippen LogP contribution in [-0.4, -0.2) is 43.3 Å². The molecule has 2 unspecified atom stereocenters. The third-order valence-corrected chi connectivity index (χ3v) is 3.61. The zero-order valence-electron chi connectivity index (χ0n) is 9.11. The summed E-state index contributed by atoms with van der Waals surface area (Å²) >= 11 is 0. The molecule has 2 N–H and O–H groups in total. The molecule has 1 saturated heterocycles. The summed E-state index contributed by atoms with van der Waals surface area (Å²) in [6, 6.07) is 0.582. The van der Waals surface area contributed by atoms with Gasteiger partial charge in [-0.2, -0.15) is 0 Å². The summed E-state index contributed by atoms with van der Waals surface area (Å²) in [5.74, 6) is 0.953. The second kappa shape index (κ2) is 4.60. The Kier molecular flexibility index (Phi) is 3.42. The van der Waals surface area contributed by atoms with Gasteiger partial charge in [-0.25, -0.2) is 0 Å². The van der Waals surface area contributed by atoms with Crippen molar-refractivity contribution in [2.24, 2.45) is 11.7 Å². The average Bonchev–Trinajstić information content (AvgIpc) is 2.14. The largest absolute Gasteiger partial charge is 0.374 e. The molecular weight excluding hydrogens is 176 g/mol. The Labute approximate surface area is 86.6 Å². The maximum absolute atomic E-state index is 5.64. The lowest BCUT2D eigenvalue weighted by molar-refractivity contribution is -0.0616. The number of ether oxygens (including phenoxy) is 1. The molecule has 2 rings (SSSR count). The molecule has 14 heavy (non-hydrogen) atoms. The summed E-state index contributed by atoms with van der Waals surface area (Å²) in [5.41, 5.74) is 5.64. The van der Waals surface area contributed by atoms with E-state index in [1.807, 2.05) is 0 Å². The second-order valence-corrected chi connectivity index (χ2v) is 4.79. The van der Waals surface area contributed by atoms with E-state index in [-0.39, 0.29) is 6.10 Å². The monoisotopic (exact) mass is 198 g/mol. The van der Waals surface area contributed by atoms with Crippen LogP contribution in [-0.2, 0) is 4.74 Å². The van der Waals surface area contributed by atoms with Crippen LogP contribution in [0.15, 0.2) is 0 Å². The molecule has 82 valence electrons. The number of hydrogen-bond donors (Lipinski definition) is 1. The minimum absolute atomic E-state index is 0.270. The van der Waals surface area contributed by atoms with Crippen LogP contribution in [0.3, 0.4) is 0 Å². The Morgan fingerprint density at radius 3 is 2.79 bits per heavy atom. The van der Waals surface area contributed by atoms with Crippen molar-refractivity contribution in [3.8, 4) is 0 Å². The first-order chi connectivity index (χ1) is 6.79. The third-order valence-electron chi connectivity index (χ3n) is 3.61. The van der Waals surface area contributed by atoms with Crippen LogP contribution < -0.4 is 5.73 Å². The predicted octanol–water partition coefficient (Wildman–Crippen LogP) is 0.834. The molecule has 0 bridgehead atoms. The van der Waals surface area contributed by atoms with Gasteiger partial charge >= 0.3 is 0 Å². The lowest BCUT2D eigenvalue weighted by Gasteiger charge is -2.41. The lowest BCUT2D eigenvalue weighted by Crippen LogP contribution is -2.52. The predicted molar refractivity (Wildman–Crippen MR) is 57.2 cm³/mol. The SMILES string of the molecule is CC1COC(CN)CN1CC1CCC1. The molecule has 1 heterocycles. The van der Waals surface area contributed by atoms with Gasteiger partial charge in [0.15, 0.2) is 0 Å². The fraction of sp³-hybridized carbons (Fsp3) is 1.00. The van der Waals surface area contributed by atoms with Gasteiger partial charge in [-0.1, -0.05) is 6.42 Å². The van der Waals surface area contributed by atoms with Crippen molar-refractivity contribution in [3.05, 3.63) is 0 Å². The van der Waals surface area contributed by atoms with Gasteiger partial charge in [-0.15, -0.1) is 0 Å². The zero-order chi connectivity index (χ0) is 9.97. The highest BCUT2D eigenvalue weighted by atomic mass is 16.5. The van der Waals surface area contributed by atoms with E-state index in [1.165, 1.54) is 25.8 Å². The summed E-state index contributed by atoms with van der Waals surface area (Å²) in [5, 5.41) is 0. The summed E-state index contributed by atoms with van der Waals surface area (Å²) in [4.78, 5) is 2.56. The molecule has 3 heteroatoms. The number of hydrogen-bond acceptors (Lipinski definition) is 3. The van der Waals surface area contributed by atoms with E-state index in [1.54, 1.807) is 0 Å². The Hall–Kier alpha value is -0.120. The van der Waals surface area contributed by atoms with Gasteiger partial charge in [0.05, 0.1) is 12.7 Å². The molecule has 2 atom stereocenters. The standard InChI is InChI=1S/C11H22N2O/c1-9-8-14-11(5-12)7-13(9)6-10-3-2-4-10/h9-11H,2-8,12H2,1H3. The van der Waals surface area contributed by atoms with Crippen molar-refractivity contribution in [1.29, 1.82) is 0 Å². The molecule has 2 fully saturated rings. The number of nitrogens with zero attached hydrogens (tertiary/aromatic N) is 1. The summed E-state index contributed by atoms with van der Waals surface area (Å²) in [7, 11) is 0. The Bertz CT molecular complexity index is 180. The van der Waals surface area contributed by atoms with Gasteiger partial charge in [-0.3, -0.25) is 4.90 Å². The maximum atomic E-state index is 5.64. The maximum Gasteiger partial charge on any atom is 0.0824 e. The molecule has 0 aromatic carbocycles. The second-order valence-electron chi connectivity index (χ2n) is 4.79. The van der Waals surface area contributed by atoms with Gasteiger partial charge in [0.1, 0.15) is 0 Å². The fourth-order valence-corrected chi connectivity index (χ4v) is 2.28. The minimum Gasteiger partial charge on any atom is -0.374 e. The van der Waals surface area contributed by atoms with Gasteiger partial charge in [0.2, 0.25) is 0 Å². The van der Waals surface area contributed by atoms with Crippen molar-refractivity contribution in [2.75, 3.05) is 26.2 Å². The topological polar surface area (TPSA) is 38.5 Å². The molecular formula is C11H22N2O. The van der Waals surface area contributed by atoms with E-state index < -0.39 is 0 Å². The first-order valence-electron chi connectivity index (χ1n) is 5.85. The van der Waals surface area contributed by atoms with Crippen molar-refractivity contribution < 1.29 is 4.74 Å². The highest BCUT2D eigenvalue weighted by Gasteiger charge is 2.28. The highest BCUT2D eigenvalue weighted by Crippen LogP contribution is 2.28. The van der Waals surface area contributed by atoms with Crippen molar-refractivity contribution >= 4 is 0 Å². The number of morpholine rings is 1. The Morgan fingerprint density at radius 1 is 1.43 bits per heavy atom. The zero-order valence-corrected chi connectivity index (χ0v) is 9.11. The van der Waals surface area contributed by atoms with E-state index in [0.717, 1.165) is 19.1 Å². The summed E-state index contributed by atoms with van der Waals surface area (Å²) < 4.78 is 5.64. The van der Waals surface area contributed by atoms with E-state index >= 15 is 0 Å². The summed E-state index contributed by atoms with van der Waals surface area (Å²) in [6.07, 6.45) is 4.56. The molecule has 1 aliphatic carbocycles. The molecule has 1 saturated carbocycles. The van der Waals surface area contributed by atoms with Crippen LogP contribution in [0, 0.1) is 5.92 Å². The van der Waals surface area contributed by atoms with Gasteiger partial charge in [0.25, 0.3) is 0 Å². The normalized spacial score (nSPS) is 35.6. The van der Waals surface area contributed by atoms with Crippen LogP contribution in [0.25, 0.3) is 0 Å². The molecule has 2 aliphatic rings. The quantitative estimate of drug-likeness (QED) is 0.730. The fourth-order valence-electron chi connectivity index (χ4n) is 2.28. The van der Waals surface area contributed by atoms with Gasteiger partial charge in [0, 0.05) is 25.7 Å². The van der Waals surface area contributed by atoms with Crippen molar-refractivity contribution in [3.63, 3.8) is 0 Å². The Balaban J connectivity index is 1.80. The smallest absolute Gasteiger partial charge is 0.0824 e. The van der Waals surface area contributed by atoms with Crippen LogP contribution in [0.5, 0.6) is 0 Å². The van der Waals surface area contributed by atoms with Crippen LogP contribution >= 0.6 is 0 Å². The van der Waals surface area contributed by atoms with Crippen LogP contribution in [0.2, 0.25) is 0 Å². The molecule has 0 aromatic heterocycles. The minimum atomic E-state index is 0.270. The molecule has 0 radical (unpaired) electrons. The average molecular weight is 198 g/mol. The molecule has 0 aromatic rings. The Morgan fingerprint density at radius 2 is 2.21 bits per heavy atom. The molecule has 0 amide bonds. The number of rotatable bonds is 3. The first kappa shape index (κ1) is 10.4. The van der Waals surface area contributed by atoms with Crippen molar-refractivity contribution in [1.82, 2.24) is 4.90 Å².